The highest BCUT2D eigenvalue weighted by atomic mass is 15.1. The number of nitrogens with zero attached hydrogens (tertiary/aromatic N) is 1. The van der Waals surface area contributed by atoms with Gasteiger partial charge in [-0.2, -0.15) is 0 Å². The van der Waals surface area contributed by atoms with E-state index in [4.69, 9.17) is 0 Å². The van der Waals surface area contributed by atoms with Crippen molar-refractivity contribution in [1.29, 1.82) is 0 Å². The minimum absolute atomic E-state index is 0.224. The van der Waals surface area contributed by atoms with Crippen LogP contribution < -0.4 is 5.32 Å². The number of hydrogen-bond acceptors (Lipinski definition) is 1. The highest BCUT2D eigenvalue weighted by Gasteiger charge is 2.23. The van der Waals surface area contributed by atoms with Gasteiger partial charge in [-0.15, -0.1) is 0 Å². The third-order valence-electron chi connectivity index (χ3n) is 4.57. The third kappa shape index (κ3) is 2.08. The number of nitrogens with one attached hydrogen (secondary N) is 1. The molecule has 110 valence electrons. The van der Waals surface area contributed by atoms with Crippen LogP contribution >= 0.6 is 0 Å². The average molecular weight is 288 g/mol. The van der Waals surface area contributed by atoms with Gasteiger partial charge in [0.05, 0.1) is 6.04 Å². The molecule has 22 heavy (non-hydrogen) atoms. The van der Waals surface area contributed by atoms with E-state index in [0.717, 1.165) is 6.54 Å². The van der Waals surface area contributed by atoms with Gasteiger partial charge in [0, 0.05) is 24.1 Å². The van der Waals surface area contributed by atoms with Gasteiger partial charge in [-0.3, -0.25) is 0 Å². The molecule has 0 radical (unpaired) electrons. The van der Waals surface area contributed by atoms with Crippen molar-refractivity contribution in [2.45, 2.75) is 26.4 Å². The average Bonchev–Trinajstić information content (AvgIpc) is 2.95. The molecular formula is C20H20N2. The smallest absolute Gasteiger partial charge is 0.0740 e. The molecule has 0 saturated carbocycles. The molecule has 2 nitrogen and oxygen atoms in total. The zero-order chi connectivity index (χ0) is 15.1. The van der Waals surface area contributed by atoms with Gasteiger partial charge < -0.3 is 9.88 Å². The molecule has 1 atom stereocenters. The lowest BCUT2D eigenvalue weighted by atomic mass is 9.96. The first-order valence-electron chi connectivity index (χ1n) is 7.80. The van der Waals surface area contributed by atoms with Crippen LogP contribution in [0.15, 0.2) is 60.8 Å². The van der Waals surface area contributed by atoms with Gasteiger partial charge in [-0.25, -0.2) is 0 Å². The number of para-hydroxylation sites is 1. The first-order valence-corrected chi connectivity index (χ1v) is 7.80. The van der Waals surface area contributed by atoms with Gasteiger partial charge in [-0.1, -0.05) is 42.0 Å². The fourth-order valence-corrected chi connectivity index (χ4v) is 3.40. The van der Waals surface area contributed by atoms with E-state index in [1.54, 1.807) is 0 Å². The Labute approximate surface area is 131 Å². The molecule has 1 aromatic heterocycles. The molecule has 0 fully saturated rings. The van der Waals surface area contributed by atoms with Crippen molar-refractivity contribution >= 4 is 0 Å². The molecule has 0 unspecified atom stereocenters. The molecule has 2 heteroatoms. The van der Waals surface area contributed by atoms with E-state index in [2.05, 4.69) is 84.5 Å². The summed E-state index contributed by atoms with van der Waals surface area (Å²) in [6.45, 7) is 5.24. The zero-order valence-electron chi connectivity index (χ0n) is 13.0. The Balaban J connectivity index is 1.90. The van der Waals surface area contributed by atoms with Crippen molar-refractivity contribution in [3.8, 4) is 5.69 Å². The summed E-state index contributed by atoms with van der Waals surface area (Å²) in [6.07, 6.45) is 2.17. The van der Waals surface area contributed by atoms with Crippen LogP contribution in [0.2, 0.25) is 0 Å². The lowest BCUT2D eigenvalue weighted by Crippen LogP contribution is -2.22. The van der Waals surface area contributed by atoms with Crippen LogP contribution in [-0.4, -0.2) is 4.57 Å². The molecule has 1 N–H and O–H groups in total. The van der Waals surface area contributed by atoms with Gasteiger partial charge in [0.25, 0.3) is 0 Å². The molecule has 0 amide bonds. The van der Waals surface area contributed by atoms with Crippen LogP contribution in [0.3, 0.4) is 0 Å². The van der Waals surface area contributed by atoms with Crippen molar-refractivity contribution in [1.82, 2.24) is 9.88 Å². The summed E-state index contributed by atoms with van der Waals surface area (Å²) in [5.41, 5.74) is 7.94. The number of aromatic nitrogens is 1. The molecule has 1 aliphatic heterocycles. The molecule has 0 spiro atoms. The molecule has 0 aliphatic carbocycles. The van der Waals surface area contributed by atoms with Gasteiger partial charge >= 0.3 is 0 Å². The largest absolute Gasteiger partial charge is 0.319 e. The van der Waals surface area contributed by atoms with Crippen LogP contribution in [-0.2, 0) is 6.54 Å². The van der Waals surface area contributed by atoms with E-state index in [9.17, 15) is 0 Å². The van der Waals surface area contributed by atoms with E-state index >= 15 is 0 Å². The zero-order valence-corrected chi connectivity index (χ0v) is 13.0. The Kier molecular flexibility index (Phi) is 3.12. The Morgan fingerprint density at radius 3 is 2.77 bits per heavy atom. The maximum Gasteiger partial charge on any atom is 0.0740 e. The highest BCUT2D eigenvalue weighted by molar-refractivity contribution is 5.48. The quantitative estimate of drug-likeness (QED) is 0.707. The summed E-state index contributed by atoms with van der Waals surface area (Å²) in [6, 6.07) is 19.9. The number of hydrogen-bond donors (Lipinski definition) is 1. The number of benzene rings is 2. The van der Waals surface area contributed by atoms with Crippen molar-refractivity contribution in [2.24, 2.45) is 0 Å². The predicted octanol–water partition coefficient (Wildman–Crippen LogP) is 4.29. The number of rotatable bonds is 1. The molecule has 0 bridgehead atoms. The van der Waals surface area contributed by atoms with Gasteiger partial charge in [-0.05, 0) is 48.7 Å². The lowest BCUT2D eigenvalue weighted by Gasteiger charge is -2.20. The molecular weight excluding hydrogens is 268 g/mol. The maximum absolute atomic E-state index is 3.74. The second-order valence-corrected chi connectivity index (χ2v) is 6.11. The molecule has 2 aromatic carbocycles. The topological polar surface area (TPSA) is 17.0 Å². The number of fused-ring (bicyclic) bond motifs is 3. The van der Waals surface area contributed by atoms with Crippen LogP contribution in [0.4, 0.5) is 0 Å². The summed E-state index contributed by atoms with van der Waals surface area (Å²) in [7, 11) is 0. The monoisotopic (exact) mass is 288 g/mol. The van der Waals surface area contributed by atoms with E-state index in [-0.39, 0.29) is 6.04 Å². The minimum atomic E-state index is 0.224. The summed E-state index contributed by atoms with van der Waals surface area (Å²) in [4.78, 5) is 0. The van der Waals surface area contributed by atoms with E-state index < -0.39 is 0 Å². The normalized spacial score (nSPS) is 16.7. The first-order chi connectivity index (χ1) is 10.7. The molecule has 2 heterocycles. The second-order valence-electron chi connectivity index (χ2n) is 6.11. The van der Waals surface area contributed by atoms with Gasteiger partial charge in [0.15, 0.2) is 0 Å². The molecule has 0 saturated heterocycles. The maximum atomic E-state index is 3.74. The molecule has 4 rings (SSSR count). The van der Waals surface area contributed by atoms with E-state index in [1.165, 1.54) is 33.6 Å². The van der Waals surface area contributed by atoms with Crippen molar-refractivity contribution in [3.63, 3.8) is 0 Å². The summed E-state index contributed by atoms with van der Waals surface area (Å²) >= 11 is 0. The summed E-state index contributed by atoms with van der Waals surface area (Å²) in [5.74, 6) is 0. The first kappa shape index (κ1) is 13.4. The van der Waals surface area contributed by atoms with Crippen molar-refractivity contribution < 1.29 is 0 Å². The molecule has 3 aromatic rings. The Morgan fingerprint density at radius 2 is 1.86 bits per heavy atom. The summed E-state index contributed by atoms with van der Waals surface area (Å²) in [5, 5.41) is 3.74. The standard InChI is InChI=1S/C20H20N2/c1-14-9-10-15(2)17(12-14)20-19-8-5-11-22(19)18-7-4-3-6-16(18)13-21-20/h3-12,20-21H,13H2,1-2H3/t20-/m0/s1. The number of aryl methyl sites for hydroxylation is 2. The Morgan fingerprint density at radius 1 is 1.00 bits per heavy atom. The van der Waals surface area contributed by atoms with E-state index in [0.29, 0.717) is 0 Å². The predicted molar refractivity (Wildman–Crippen MR) is 90.4 cm³/mol. The Bertz CT molecular complexity index is 829. The fourth-order valence-electron chi connectivity index (χ4n) is 3.40. The van der Waals surface area contributed by atoms with Crippen LogP contribution in [0, 0.1) is 13.8 Å². The molecule has 1 aliphatic rings. The van der Waals surface area contributed by atoms with Crippen LogP contribution in [0.5, 0.6) is 0 Å². The minimum Gasteiger partial charge on any atom is -0.319 e. The van der Waals surface area contributed by atoms with Crippen molar-refractivity contribution in [2.75, 3.05) is 0 Å². The fraction of sp³-hybridized carbons (Fsp3) is 0.200. The lowest BCUT2D eigenvalue weighted by molar-refractivity contribution is 0.598. The third-order valence-corrected chi connectivity index (χ3v) is 4.57. The Hall–Kier alpha value is -2.32. The van der Waals surface area contributed by atoms with Gasteiger partial charge in [0.2, 0.25) is 0 Å². The SMILES string of the molecule is Cc1ccc(C)c([C@@H]2NCc3ccccc3-n3cccc32)c1. The summed E-state index contributed by atoms with van der Waals surface area (Å²) < 4.78 is 2.32. The van der Waals surface area contributed by atoms with Gasteiger partial charge in [0.1, 0.15) is 0 Å². The second kappa shape index (κ2) is 5.15. The van der Waals surface area contributed by atoms with Crippen LogP contribution in [0.1, 0.15) is 34.0 Å². The van der Waals surface area contributed by atoms with E-state index in [1.807, 2.05) is 0 Å². The highest BCUT2D eigenvalue weighted by Crippen LogP contribution is 2.32. The van der Waals surface area contributed by atoms with Crippen molar-refractivity contribution in [3.05, 3.63) is 88.7 Å². The van der Waals surface area contributed by atoms with Crippen LogP contribution in [0.25, 0.3) is 5.69 Å².